The van der Waals surface area contributed by atoms with Crippen LogP contribution in [0.25, 0.3) is 0 Å². The third kappa shape index (κ3) is 4.26. The van der Waals surface area contributed by atoms with E-state index in [1.165, 1.54) is 23.1 Å². The second-order valence-corrected chi connectivity index (χ2v) is 7.09. The van der Waals surface area contributed by atoms with Gasteiger partial charge in [-0.15, -0.1) is 21.5 Å². The Balaban J connectivity index is 1.58. The molecule has 0 atom stereocenters. The predicted octanol–water partition coefficient (Wildman–Crippen LogP) is 3.07. The number of carbonyl (C=O) groups excluding carboxylic acids is 1. The molecule has 25 heavy (non-hydrogen) atoms. The molecule has 1 amide bonds. The van der Waals surface area contributed by atoms with Crippen LogP contribution in [0.5, 0.6) is 0 Å². The van der Waals surface area contributed by atoms with E-state index in [0.29, 0.717) is 22.1 Å². The van der Waals surface area contributed by atoms with E-state index in [0.717, 1.165) is 11.4 Å². The maximum absolute atomic E-state index is 12.1. The van der Waals surface area contributed by atoms with Crippen LogP contribution in [0, 0.1) is 11.3 Å². The Morgan fingerprint density at radius 2 is 2.12 bits per heavy atom. The van der Waals surface area contributed by atoms with E-state index < -0.39 is 0 Å². The molecule has 3 rings (SSSR count). The zero-order valence-corrected chi connectivity index (χ0v) is 15.1. The van der Waals surface area contributed by atoms with Crippen molar-refractivity contribution in [3.8, 4) is 6.07 Å². The van der Waals surface area contributed by atoms with E-state index in [4.69, 9.17) is 5.26 Å². The van der Waals surface area contributed by atoms with Gasteiger partial charge in [-0.05, 0) is 17.0 Å². The van der Waals surface area contributed by atoms with Crippen molar-refractivity contribution >= 4 is 34.0 Å². The summed E-state index contributed by atoms with van der Waals surface area (Å²) in [6.45, 7) is 0. The van der Waals surface area contributed by atoms with Crippen molar-refractivity contribution in [2.75, 3.05) is 11.1 Å². The number of hydrogen-bond acceptors (Lipinski definition) is 6. The van der Waals surface area contributed by atoms with Crippen LogP contribution in [0.3, 0.4) is 0 Å². The number of nitrogens with zero attached hydrogens (tertiary/aromatic N) is 4. The lowest BCUT2D eigenvalue weighted by molar-refractivity contribution is -0.113. The highest BCUT2D eigenvalue weighted by Gasteiger charge is 2.13. The van der Waals surface area contributed by atoms with Crippen molar-refractivity contribution in [1.29, 1.82) is 5.26 Å². The molecule has 0 fully saturated rings. The standard InChI is InChI=1S/C17H15N5OS2/c1-22-14(9-12-5-3-2-4-6-12)20-21-17(22)25-11-15(23)19-16-13(10-18)7-8-24-16/h2-8H,9,11H2,1H3,(H,19,23). The number of thiophene rings is 1. The topological polar surface area (TPSA) is 83.6 Å². The molecule has 2 heterocycles. The first-order valence-electron chi connectivity index (χ1n) is 7.50. The number of rotatable bonds is 6. The van der Waals surface area contributed by atoms with Crippen molar-refractivity contribution in [3.05, 3.63) is 58.7 Å². The zero-order chi connectivity index (χ0) is 17.6. The van der Waals surface area contributed by atoms with Crippen molar-refractivity contribution in [2.45, 2.75) is 11.6 Å². The molecule has 0 unspecified atom stereocenters. The number of amides is 1. The summed E-state index contributed by atoms with van der Waals surface area (Å²) >= 11 is 2.66. The van der Waals surface area contributed by atoms with Gasteiger partial charge in [0.15, 0.2) is 5.16 Å². The summed E-state index contributed by atoms with van der Waals surface area (Å²) in [5, 5.41) is 23.1. The smallest absolute Gasteiger partial charge is 0.235 e. The van der Waals surface area contributed by atoms with Gasteiger partial charge in [0.2, 0.25) is 5.91 Å². The number of thioether (sulfide) groups is 1. The number of carbonyl (C=O) groups is 1. The number of nitriles is 1. The fraction of sp³-hybridized carbons (Fsp3) is 0.176. The van der Waals surface area contributed by atoms with Gasteiger partial charge < -0.3 is 9.88 Å². The van der Waals surface area contributed by atoms with Gasteiger partial charge in [0.05, 0.1) is 11.3 Å². The highest BCUT2D eigenvalue weighted by atomic mass is 32.2. The molecule has 0 bridgehead atoms. The van der Waals surface area contributed by atoms with E-state index >= 15 is 0 Å². The van der Waals surface area contributed by atoms with Gasteiger partial charge in [0.1, 0.15) is 16.9 Å². The Hall–Kier alpha value is -2.63. The summed E-state index contributed by atoms with van der Waals surface area (Å²) in [6, 6.07) is 13.8. The minimum absolute atomic E-state index is 0.170. The van der Waals surface area contributed by atoms with Gasteiger partial charge in [0, 0.05) is 13.5 Å². The van der Waals surface area contributed by atoms with Gasteiger partial charge in [-0.25, -0.2) is 0 Å². The average molecular weight is 369 g/mol. The van der Waals surface area contributed by atoms with Crippen molar-refractivity contribution < 1.29 is 4.79 Å². The van der Waals surface area contributed by atoms with E-state index in [2.05, 4.69) is 21.6 Å². The summed E-state index contributed by atoms with van der Waals surface area (Å²) < 4.78 is 1.90. The molecule has 1 N–H and O–H groups in total. The highest BCUT2D eigenvalue weighted by molar-refractivity contribution is 7.99. The Kier molecular flexibility index (Phi) is 5.48. The first kappa shape index (κ1) is 17.2. The van der Waals surface area contributed by atoms with Crippen LogP contribution in [0.4, 0.5) is 5.00 Å². The predicted molar refractivity (Wildman–Crippen MR) is 98.6 cm³/mol. The molecule has 0 aliphatic rings. The SMILES string of the molecule is Cn1c(Cc2ccccc2)nnc1SCC(=O)Nc1sccc1C#N. The van der Waals surface area contributed by atoms with Crippen LogP contribution in [0.2, 0.25) is 0 Å². The molecule has 0 saturated heterocycles. The molecular formula is C17H15N5OS2. The molecule has 0 aliphatic heterocycles. The van der Waals surface area contributed by atoms with E-state index in [9.17, 15) is 4.79 Å². The fourth-order valence-corrected chi connectivity index (χ4v) is 3.67. The molecule has 0 aliphatic carbocycles. The lowest BCUT2D eigenvalue weighted by Gasteiger charge is -2.05. The van der Waals surface area contributed by atoms with Crippen LogP contribution >= 0.6 is 23.1 Å². The molecule has 126 valence electrons. The van der Waals surface area contributed by atoms with Crippen molar-refractivity contribution in [2.24, 2.45) is 7.05 Å². The monoisotopic (exact) mass is 369 g/mol. The van der Waals surface area contributed by atoms with Crippen LogP contribution in [-0.4, -0.2) is 26.4 Å². The van der Waals surface area contributed by atoms with Crippen molar-refractivity contribution in [3.63, 3.8) is 0 Å². The van der Waals surface area contributed by atoms with Gasteiger partial charge in [-0.1, -0.05) is 42.1 Å². The molecule has 0 saturated carbocycles. The first-order chi connectivity index (χ1) is 12.2. The maximum atomic E-state index is 12.1. The first-order valence-corrected chi connectivity index (χ1v) is 9.36. The van der Waals surface area contributed by atoms with Gasteiger partial charge >= 0.3 is 0 Å². The summed E-state index contributed by atoms with van der Waals surface area (Å²) in [6.07, 6.45) is 0.692. The molecule has 1 aromatic carbocycles. The normalized spacial score (nSPS) is 10.4. The molecule has 3 aromatic rings. The zero-order valence-electron chi connectivity index (χ0n) is 13.5. The summed E-state index contributed by atoms with van der Waals surface area (Å²) in [5.41, 5.74) is 1.64. The van der Waals surface area contributed by atoms with Gasteiger partial charge in [-0.2, -0.15) is 5.26 Å². The van der Waals surface area contributed by atoms with E-state index in [1.807, 2.05) is 41.9 Å². The Morgan fingerprint density at radius 3 is 2.88 bits per heavy atom. The number of hydrogen-bond donors (Lipinski definition) is 1. The number of aromatic nitrogens is 3. The molecule has 0 radical (unpaired) electrons. The molecule has 6 nitrogen and oxygen atoms in total. The molecule has 8 heteroatoms. The van der Waals surface area contributed by atoms with Gasteiger partial charge in [-0.3, -0.25) is 4.79 Å². The summed E-state index contributed by atoms with van der Waals surface area (Å²) in [4.78, 5) is 12.1. The van der Waals surface area contributed by atoms with Crippen LogP contribution < -0.4 is 5.32 Å². The van der Waals surface area contributed by atoms with Crippen LogP contribution in [-0.2, 0) is 18.3 Å². The van der Waals surface area contributed by atoms with E-state index in [-0.39, 0.29) is 11.7 Å². The Morgan fingerprint density at radius 1 is 1.32 bits per heavy atom. The third-order valence-corrected chi connectivity index (χ3v) is 5.35. The summed E-state index contributed by atoms with van der Waals surface area (Å²) in [7, 11) is 1.89. The number of anilines is 1. The Bertz CT molecular complexity index is 911. The van der Waals surface area contributed by atoms with Crippen LogP contribution in [0.15, 0.2) is 46.9 Å². The summed E-state index contributed by atoms with van der Waals surface area (Å²) in [5.74, 6) is 0.885. The minimum Gasteiger partial charge on any atom is -0.316 e. The average Bonchev–Trinajstić information content (AvgIpc) is 3.21. The van der Waals surface area contributed by atoms with Crippen molar-refractivity contribution in [1.82, 2.24) is 14.8 Å². The number of nitrogens with one attached hydrogen (secondary N) is 1. The quantitative estimate of drug-likeness (QED) is 0.675. The van der Waals surface area contributed by atoms with Crippen LogP contribution in [0.1, 0.15) is 17.0 Å². The third-order valence-electron chi connectivity index (χ3n) is 3.50. The second-order valence-electron chi connectivity index (χ2n) is 5.23. The van der Waals surface area contributed by atoms with E-state index in [1.54, 1.807) is 11.4 Å². The lowest BCUT2D eigenvalue weighted by atomic mass is 10.1. The molecule has 0 spiro atoms. The maximum Gasteiger partial charge on any atom is 0.235 e. The minimum atomic E-state index is -0.170. The second kappa shape index (κ2) is 7.96. The lowest BCUT2D eigenvalue weighted by Crippen LogP contribution is -2.14. The molecular weight excluding hydrogens is 354 g/mol. The highest BCUT2D eigenvalue weighted by Crippen LogP contribution is 2.23. The van der Waals surface area contributed by atoms with Gasteiger partial charge in [0.25, 0.3) is 0 Å². The fourth-order valence-electron chi connectivity index (χ4n) is 2.19. The largest absolute Gasteiger partial charge is 0.316 e. The molecule has 2 aromatic heterocycles. The number of benzene rings is 1. The Labute approximate surface area is 153 Å².